The first kappa shape index (κ1) is 11.0. The second-order valence-corrected chi connectivity index (χ2v) is 8.72. The summed E-state index contributed by atoms with van der Waals surface area (Å²) >= 11 is 0.440. The Balaban J connectivity index is 1.73. The molecule has 4 rings (SSSR count). The maximum absolute atomic E-state index is 12.2. The van der Waals surface area contributed by atoms with Gasteiger partial charge in [0.25, 0.3) is 0 Å². The van der Waals surface area contributed by atoms with Gasteiger partial charge in [-0.2, -0.15) is 0 Å². The van der Waals surface area contributed by atoms with Gasteiger partial charge in [-0.25, -0.2) is 0 Å². The molecule has 0 saturated heterocycles. The zero-order chi connectivity index (χ0) is 12.2. The molecular weight excluding hydrogens is 287 g/mol. The van der Waals surface area contributed by atoms with Crippen molar-refractivity contribution in [1.82, 2.24) is 0 Å². The van der Waals surface area contributed by atoms with Gasteiger partial charge in [-0.1, -0.05) is 0 Å². The van der Waals surface area contributed by atoms with E-state index in [0.717, 1.165) is 12.8 Å². The van der Waals surface area contributed by atoms with Crippen molar-refractivity contribution < 1.29 is 4.79 Å². The number of ketones is 1. The molecule has 2 fully saturated rings. The van der Waals surface area contributed by atoms with Crippen molar-refractivity contribution in [2.75, 3.05) is 0 Å². The molecule has 2 bridgehead atoms. The summed E-state index contributed by atoms with van der Waals surface area (Å²) in [4.78, 5) is 12.2. The van der Waals surface area contributed by atoms with Crippen LogP contribution in [0.25, 0.3) is 0 Å². The Morgan fingerprint density at radius 3 is 2.83 bits per heavy atom. The molecule has 3 aliphatic rings. The van der Waals surface area contributed by atoms with E-state index in [-0.39, 0.29) is 0 Å². The number of hydrogen-bond acceptors (Lipinski definition) is 1. The Kier molecular flexibility index (Phi) is 2.34. The third-order valence-corrected chi connectivity index (χ3v) is 8.32. The molecule has 0 spiro atoms. The van der Waals surface area contributed by atoms with Crippen LogP contribution in [-0.2, 0) is 4.79 Å². The number of fused-ring (bicyclic) bond motifs is 5. The predicted molar refractivity (Wildman–Crippen MR) is 73.0 cm³/mol. The summed E-state index contributed by atoms with van der Waals surface area (Å²) in [5, 5.41) is 0. The van der Waals surface area contributed by atoms with Crippen LogP contribution in [0, 0.1) is 17.8 Å². The molecule has 4 atom stereocenters. The van der Waals surface area contributed by atoms with E-state index in [1.807, 2.05) is 0 Å². The molecule has 0 aromatic heterocycles. The van der Waals surface area contributed by atoms with Gasteiger partial charge in [0, 0.05) is 0 Å². The first-order valence-electron chi connectivity index (χ1n) is 6.75. The minimum atomic E-state index is 0.324. The number of Topliss-reactive ketones (excluding diaryl/α,β-unsaturated/α-hetero) is 1. The van der Waals surface area contributed by atoms with Gasteiger partial charge in [-0.3, -0.25) is 0 Å². The number of rotatable bonds is 2. The van der Waals surface area contributed by atoms with Gasteiger partial charge in [0.1, 0.15) is 0 Å². The van der Waals surface area contributed by atoms with Gasteiger partial charge in [-0.15, -0.1) is 0 Å². The topological polar surface area (TPSA) is 17.1 Å². The molecule has 0 unspecified atom stereocenters. The number of carbonyl (C=O) groups excluding carboxylic acids is 1. The summed E-state index contributed by atoms with van der Waals surface area (Å²) in [7, 11) is 0. The van der Waals surface area contributed by atoms with Crippen LogP contribution in [0.15, 0.2) is 42.5 Å². The predicted octanol–water partition coefficient (Wildman–Crippen LogP) is 2.36. The molecule has 0 aliphatic heterocycles. The van der Waals surface area contributed by atoms with Gasteiger partial charge in [-0.05, 0) is 0 Å². The Hall–Kier alpha value is -0.851. The Morgan fingerprint density at radius 1 is 1.17 bits per heavy atom. The summed E-state index contributed by atoms with van der Waals surface area (Å²) in [5.41, 5.74) is 0. The van der Waals surface area contributed by atoms with Gasteiger partial charge < -0.3 is 0 Å². The Labute approximate surface area is 114 Å². The van der Waals surface area contributed by atoms with Gasteiger partial charge in [0.2, 0.25) is 0 Å². The number of carbonyl (C=O) groups is 1. The van der Waals surface area contributed by atoms with Crippen molar-refractivity contribution in [1.29, 1.82) is 0 Å². The fraction of sp³-hybridized carbons (Fsp3) is 0.438. The van der Waals surface area contributed by atoms with Crippen molar-refractivity contribution in [2.45, 2.75) is 23.6 Å². The average Bonchev–Trinajstić information content (AvgIpc) is 3.04. The normalized spacial score (nSPS) is 40.4. The van der Waals surface area contributed by atoms with Crippen LogP contribution in [0.4, 0.5) is 0 Å². The molecule has 18 heavy (non-hydrogen) atoms. The van der Waals surface area contributed by atoms with E-state index in [4.69, 9.17) is 0 Å². The summed E-state index contributed by atoms with van der Waals surface area (Å²) in [6, 6.07) is 10.8. The third-order valence-electron chi connectivity index (χ3n) is 4.86. The number of allylic oxidation sites excluding steroid dienone is 2. The van der Waals surface area contributed by atoms with Gasteiger partial charge in [0.05, 0.1) is 0 Å². The maximum atomic E-state index is 12.2. The van der Waals surface area contributed by atoms with Crippen LogP contribution < -0.4 is 4.46 Å². The van der Waals surface area contributed by atoms with Crippen molar-refractivity contribution in [3.8, 4) is 0 Å². The Bertz CT molecular complexity index is 521. The van der Waals surface area contributed by atoms with Crippen molar-refractivity contribution >= 4 is 25.2 Å². The van der Waals surface area contributed by atoms with Crippen molar-refractivity contribution in [2.24, 2.45) is 17.8 Å². The van der Waals surface area contributed by atoms with Crippen LogP contribution in [0.1, 0.15) is 19.3 Å². The fourth-order valence-corrected chi connectivity index (χ4v) is 7.71. The van der Waals surface area contributed by atoms with E-state index in [1.54, 1.807) is 0 Å². The summed E-state index contributed by atoms with van der Waals surface area (Å²) in [6.45, 7) is 0. The van der Waals surface area contributed by atoms with Crippen molar-refractivity contribution in [3.05, 3.63) is 42.5 Å². The standard InChI is InChI=1S/C16H16OSe/c17-14-8-9-16(18-13-4-2-1-3-5-13)12-7-6-11(10-12)15(14)16/h1-7,11-12,15H,8-10H2/t11-,12+,15+,16-/m1/s1. The molecule has 1 nitrogen and oxygen atoms in total. The van der Waals surface area contributed by atoms with E-state index < -0.39 is 0 Å². The second kappa shape index (κ2) is 3.82. The van der Waals surface area contributed by atoms with Gasteiger partial charge >= 0.3 is 114 Å². The summed E-state index contributed by atoms with van der Waals surface area (Å²) in [5.74, 6) is 2.15. The molecule has 0 heterocycles. The van der Waals surface area contributed by atoms with E-state index >= 15 is 0 Å². The number of benzene rings is 1. The SMILES string of the molecule is O=C1CC[C@]2([Se]c3ccccc3)[C@H]1[C@@H]1C=C[C@H]2C1. The summed E-state index contributed by atoms with van der Waals surface area (Å²) in [6.07, 6.45) is 7.93. The van der Waals surface area contributed by atoms with E-state index in [0.29, 0.717) is 42.8 Å². The molecule has 2 saturated carbocycles. The average molecular weight is 303 g/mol. The summed E-state index contributed by atoms with van der Waals surface area (Å²) < 4.78 is 1.79. The van der Waals surface area contributed by atoms with Crippen LogP contribution in [0.3, 0.4) is 0 Å². The zero-order valence-electron chi connectivity index (χ0n) is 10.2. The van der Waals surface area contributed by atoms with Crippen LogP contribution in [0.2, 0.25) is 4.31 Å². The molecule has 0 N–H and O–H groups in total. The molecule has 1 aromatic carbocycles. The molecule has 1 aromatic rings. The monoisotopic (exact) mass is 304 g/mol. The first-order chi connectivity index (χ1) is 8.79. The minimum absolute atomic E-state index is 0.324. The number of hydrogen-bond donors (Lipinski definition) is 0. The van der Waals surface area contributed by atoms with E-state index in [1.165, 1.54) is 10.9 Å². The van der Waals surface area contributed by atoms with Crippen molar-refractivity contribution in [3.63, 3.8) is 0 Å². The molecule has 2 heteroatoms. The molecule has 0 radical (unpaired) electrons. The molecule has 0 amide bonds. The zero-order valence-corrected chi connectivity index (χ0v) is 11.9. The fourth-order valence-electron chi connectivity index (χ4n) is 4.15. The second-order valence-electron chi connectivity index (χ2n) is 5.71. The molecule has 92 valence electrons. The van der Waals surface area contributed by atoms with Crippen LogP contribution in [0.5, 0.6) is 0 Å². The first-order valence-corrected chi connectivity index (χ1v) is 8.46. The third kappa shape index (κ3) is 1.36. The quantitative estimate of drug-likeness (QED) is 0.605. The molecule has 3 aliphatic carbocycles. The molecular formula is C16H16OSe. The van der Waals surface area contributed by atoms with Crippen LogP contribution >= 0.6 is 0 Å². The van der Waals surface area contributed by atoms with Crippen LogP contribution in [-0.4, -0.2) is 20.7 Å². The van der Waals surface area contributed by atoms with E-state index in [2.05, 4.69) is 42.5 Å². The van der Waals surface area contributed by atoms with Gasteiger partial charge in [0.15, 0.2) is 0 Å². The Morgan fingerprint density at radius 2 is 2.00 bits per heavy atom. The van der Waals surface area contributed by atoms with E-state index in [9.17, 15) is 4.79 Å².